The first-order valence-electron chi connectivity index (χ1n) is 12.0. The number of aromatic nitrogens is 1. The summed E-state index contributed by atoms with van der Waals surface area (Å²) < 4.78 is 5.31. The first-order valence-corrected chi connectivity index (χ1v) is 12.9. The van der Waals surface area contributed by atoms with Gasteiger partial charge in [0.1, 0.15) is 0 Å². The van der Waals surface area contributed by atoms with Gasteiger partial charge in [0.15, 0.2) is 11.5 Å². The Morgan fingerprint density at radius 1 is 1.18 bits per heavy atom. The second kappa shape index (κ2) is 8.26. The Bertz CT molecular complexity index is 1040. The number of nitrogens with zero attached hydrogens (tertiary/aromatic N) is 1. The molecule has 5 rings (SSSR count). The molecule has 33 heavy (non-hydrogen) atoms. The molecule has 0 bridgehead atoms. The number of pyridine rings is 1. The summed E-state index contributed by atoms with van der Waals surface area (Å²) in [6.07, 6.45) is 12.8. The summed E-state index contributed by atoms with van der Waals surface area (Å²) in [5.41, 5.74) is 2.12. The second-order valence-electron chi connectivity index (χ2n) is 10.9. The molecule has 0 radical (unpaired) electrons. The van der Waals surface area contributed by atoms with E-state index in [4.69, 9.17) is 9.84 Å². The van der Waals surface area contributed by atoms with Gasteiger partial charge in [0.2, 0.25) is 0 Å². The number of thioether (sulfide) groups is 1. The van der Waals surface area contributed by atoms with Crippen molar-refractivity contribution in [1.29, 1.82) is 0 Å². The Balaban J connectivity index is 1.45. The molecule has 0 amide bonds. The molecule has 7 heteroatoms. The van der Waals surface area contributed by atoms with Crippen molar-refractivity contribution >= 4 is 28.1 Å². The number of rotatable bonds is 2. The van der Waals surface area contributed by atoms with E-state index >= 15 is 0 Å². The SMILES string of the molecule is C[C@@]12CCCC1C1CCC3=CC(=O)[C@H](c4ncccc4OC(=O)SC(=O)O)C[C@]3(C)C1CC2. The summed E-state index contributed by atoms with van der Waals surface area (Å²) >= 11 is 0.0770. The highest BCUT2D eigenvalue weighted by Crippen LogP contribution is 2.66. The van der Waals surface area contributed by atoms with E-state index in [0.29, 0.717) is 29.4 Å². The van der Waals surface area contributed by atoms with Crippen LogP contribution in [-0.2, 0) is 4.79 Å². The Morgan fingerprint density at radius 2 is 2.00 bits per heavy atom. The minimum absolute atomic E-state index is 0.00401. The number of carbonyl (C=O) groups is 3. The van der Waals surface area contributed by atoms with E-state index in [1.807, 2.05) is 6.08 Å². The number of hydrogen-bond acceptors (Lipinski definition) is 6. The third-order valence-corrected chi connectivity index (χ3v) is 9.72. The summed E-state index contributed by atoms with van der Waals surface area (Å²) in [7, 11) is 0. The average Bonchev–Trinajstić information content (AvgIpc) is 3.15. The van der Waals surface area contributed by atoms with Gasteiger partial charge in [-0.25, -0.2) is 9.59 Å². The van der Waals surface area contributed by atoms with Gasteiger partial charge in [0, 0.05) is 6.20 Å². The fourth-order valence-electron chi connectivity index (χ4n) is 7.80. The van der Waals surface area contributed by atoms with Gasteiger partial charge in [-0.2, -0.15) is 0 Å². The zero-order chi connectivity index (χ0) is 23.4. The van der Waals surface area contributed by atoms with Crippen molar-refractivity contribution in [2.45, 2.75) is 71.1 Å². The zero-order valence-electron chi connectivity index (χ0n) is 19.2. The van der Waals surface area contributed by atoms with Crippen LogP contribution in [0.25, 0.3) is 0 Å². The topological polar surface area (TPSA) is 93.6 Å². The standard InChI is InChI=1S/C26H31NO5S/c1-25-10-3-5-18(25)16-8-7-15-13-20(28)17(14-26(15,2)19(16)9-11-25)22-21(6-4-12-27-22)32-24(31)33-23(29)30/h4,6,12-13,16-19H,3,5,7-11,14H2,1-2H3,(H,29,30)/t16?,17-,18?,19?,25+,26+/m1/s1. The predicted molar refractivity (Wildman–Crippen MR) is 125 cm³/mol. The van der Waals surface area contributed by atoms with Crippen molar-refractivity contribution in [3.05, 3.63) is 35.7 Å². The summed E-state index contributed by atoms with van der Waals surface area (Å²) in [6, 6.07) is 3.22. The molecule has 0 aromatic carbocycles. The molecule has 3 unspecified atom stereocenters. The molecule has 6 nitrogen and oxygen atoms in total. The normalized spacial score (nSPS) is 37.4. The highest BCUT2D eigenvalue weighted by atomic mass is 32.2. The van der Waals surface area contributed by atoms with Crippen molar-refractivity contribution in [2.75, 3.05) is 0 Å². The van der Waals surface area contributed by atoms with E-state index in [1.54, 1.807) is 18.3 Å². The second-order valence-corrected chi connectivity index (χ2v) is 11.7. The van der Waals surface area contributed by atoms with Crippen molar-refractivity contribution in [2.24, 2.45) is 28.6 Å². The van der Waals surface area contributed by atoms with Gasteiger partial charge >= 0.3 is 10.6 Å². The number of fused-ring (bicyclic) bond motifs is 5. The van der Waals surface area contributed by atoms with Crippen LogP contribution in [0.2, 0.25) is 0 Å². The molecule has 1 aromatic heterocycles. The van der Waals surface area contributed by atoms with Gasteiger partial charge in [-0.1, -0.05) is 25.8 Å². The fraction of sp³-hybridized carbons (Fsp3) is 0.615. The van der Waals surface area contributed by atoms with Gasteiger partial charge < -0.3 is 9.84 Å². The van der Waals surface area contributed by atoms with Crippen molar-refractivity contribution < 1.29 is 24.2 Å². The maximum atomic E-state index is 13.2. The highest BCUT2D eigenvalue weighted by Gasteiger charge is 2.57. The van der Waals surface area contributed by atoms with Crippen LogP contribution in [0.5, 0.6) is 5.75 Å². The zero-order valence-corrected chi connectivity index (χ0v) is 20.0. The van der Waals surface area contributed by atoms with Gasteiger partial charge in [0.25, 0.3) is 0 Å². The molecule has 1 aromatic rings. The molecule has 1 N–H and O–H groups in total. The largest absolute Gasteiger partial charge is 0.473 e. The first kappa shape index (κ1) is 22.6. The number of allylic oxidation sites excluding steroid dienone is 1. The lowest BCUT2D eigenvalue weighted by molar-refractivity contribution is -0.119. The van der Waals surface area contributed by atoms with Crippen molar-refractivity contribution in [3.63, 3.8) is 0 Å². The minimum atomic E-state index is -1.33. The Kier molecular flexibility index (Phi) is 5.66. The lowest BCUT2D eigenvalue weighted by atomic mass is 9.46. The van der Waals surface area contributed by atoms with Crippen LogP contribution in [0.4, 0.5) is 9.59 Å². The summed E-state index contributed by atoms with van der Waals surface area (Å²) in [6.45, 7) is 4.83. The lowest BCUT2D eigenvalue weighted by Gasteiger charge is -2.58. The van der Waals surface area contributed by atoms with Crippen molar-refractivity contribution in [3.8, 4) is 5.75 Å². The monoisotopic (exact) mass is 469 g/mol. The predicted octanol–water partition coefficient (Wildman–Crippen LogP) is 6.61. The maximum absolute atomic E-state index is 13.2. The van der Waals surface area contributed by atoms with Gasteiger partial charge in [-0.05, 0) is 91.7 Å². The Hall–Kier alpha value is -2.15. The van der Waals surface area contributed by atoms with Crippen LogP contribution < -0.4 is 4.74 Å². The summed E-state index contributed by atoms with van der Waals surface area (Å²) in [5.74, 6) is 1.73. The number of ketones is 1. The third kappa shape index (κ3) is 3.82. The quantitative estimate of drug-likeness (QED) is 0.487. The molecule has 1 heterocycles. The van der Waals surface area contributed by atoms with Gasteiger partial charge in [-0.3, -0.25) is 9.78 Å². The third-order valence-electron chi connectivity index (χ3n) is 9.30. The molecule has 6 atom stereocenters. The number of carboxylic acid groups (broad SMARTS) is 1. The molecular formula is C26H31NO5S. The molecule has 176 valence electrons. The number of carbonyl (C=O) groups excluding carboxylic acids is 2. The van der Waals surface area contributed by atoms with Crippen LogP contribution in [0.1, 0.15) is 76.8 Å². The van der Waals surface area contributed by atoms with Crippen LogP contribution in [-0.4, -0.2) is 26.5 Å². The van der Waals surface area contributed by atoms with E-state index in [9.17, 15) is 14.4 Å². The van der Waals surface area contributed by atoms with Gasteiger partial charge in [-0.15, -0.1) is 0 Å². The van der Waals surface area contributed by atoms with Crippen LogP contribution in [0.3, 0.4) is 0 Å². The van der Waals surface area contributed by atoms with E-state index in [-0.39, 0.29) is 28.7 Å². The molecule has 0 spiro atoms. The molecule has 0 aliphatic heterocycles. The number of ether oxygens (including phenoxy) is 1. The molecule has 4 aliphatic rings. The summed E-state index contributed by atoms with van der Waals surface area (Å²) in [5, 5.41) is 6.60. The molecule has 4 aliphatic carbocycles. The average molecular weight is 470 g/mol. The Morgan fingerprint density at radius 3 is 2.79 bits per heavy atom. The highest BCUT2D eigenvalue weighted by molar-refractivity contribution is 8.25. The minimum Gasteiger partial charge on any atom is -0.473 e. The molecular weight excluding hydrogens is 438 g/mol. The lowest BCUT2D eigenvalue weighted by Crippen LogP contribution is -2.50. The molecule has 0 saturated heterocycles. The van der Waals surface area contributed by atoms with Crippen LogP contribution in [0.15, 0.2) is 30.0 Å². The Labute approximate surface area is 198 Å². The molecule has 3 saturated carbocycles. The number of hydrogen-bond donors (Lipinski definition) is 1. The fourth-order valence-corrected chi connectivity index (χ4v) is 8.07. The smallest absolute Gasteiger partial charge is 0.383 e. The van der Waals surface area contributed by atoms with Gasteiger partial charge in [0.05, 0.1) is 23.4 Å². The first-order chi connectivity index (χ1) is 15.7. The van der Waals surface area contributed by atoms with Crippen LogP contribution >= 0.6 is 11.8 Å². The maximum Gasteiger partial charge on any atom is 0.383 e. The van der Waals surface area contributed by atoms with E-state index in [0.717, 1.165) is 12.3 Å². The van der Waals surface area contributed by atoms with E-state index < -0.39 is 16.5 Å². The van der Waals surface area contributed by atoms with E-state index in [2.05, 4.69) is 18.8 Å². The van der Waals surface area contributed by atoms with Crippen LogP contribution in [0, 0.1) is 28.6 Å². The molecule has 3 fully saturated rings. The van der Waals surface area contributed by atoms with Crippen molar-refractivity contribution in [1.82, 2.24) is 4.98 Å². The summed E-state index contributed by atoms with van der Waals surface area (Å²) in [4.78, 5) is 40.5. The van der Waals surface area contributed by atoms with E-state index in [1.165, 1.54) is 44.1 Å².